The van der Waals surface area contributed by atoms with Crippen LogP contribution in [0.2, 0.25) is 0 Å². The molecule has 120 valence electrons. The molecule has 21 heavy (non-hydrogen) atoms. The fourth-order valence-corrected chi connectivity index (χ4v) is 3.82. The zero-order chi connectivity index (χ0) is 15.9. The van der Waals surface area contributed by atoms with Crippen LogP contribution in [0.25, 0.3) is 0 Å². The quantitative estimate of drug-likeness (QED) is 0.680. The van der Waals surface area contributed by atoms with Gasteiger partial charge in [-0.1, -0.05) is 0 Å². The predicted molar refractivity (Wildman–Crippen MR) is 86.7 cm³/mol. The number of halogens is 1. The zero-order valence-corrected chi connectivity index (χ0v) is 14.3. The highest BCUT2D eigenvalue weighted by molar-refractivity contribution is 7.98. The van der Waals surface area contributed by atoms with Gasteiger partial charge in [-0.2, -0.15) is 11.8 Å². The minimum absolute atomic E-state index is 0.0256. The summed E-state index contributed by atoms with van der Waals surface area (Å²) in [7, 11) is -1.93. The van der Waals surface area contributed by atoms with E-state index >= 15 is 0 Å². The monoisotopic (exact) mass is 334 g/mol. The Morgan fingerprint density at radius 3 is 2.62 bits per heavy atom. The van der Waals surface area contributed by atoms with Gasteiger partial charge in [0.1, 0.15) is 5.82 Å². The standard InChI is InChI=1S/C14H23FN2O2S2/c1-11-13(15)8-12(10-16-2)9-14(11)21(18,19)17-6-4-5-7-20-3/h8-9,16-17H,4-7,10H2,1-3H3. The number of nitrogens with one attached hydrogen (secondary N) is 2. The van der Waals surface area contributed by atoms with Gasteiger partial charge in [0.15, 0.2) is 0 Å². The van der Waals surface area contributed by atoms with Crippen LogP contribution in [0.5, 0.6) is 0 Å². The number of hydrogen-bond donors (Lipinski definition) is 2. The molecule has 2 N–H and O–H groups in total. The first kappa shape index (κ1) is 18.4. The van der Waals surface area contributed by atoms with Crippen molar-refractivity contribution in [3.8, 4) is 0 Å². The molecule has 7 heteroatoms. The van der Waals surface area contributed by atoms with Gasteiger partial charge in [-0.3, -0.25) is 0 Å². The Morgan fingerprint density at radius 2 is 2.00 bits per heavy atom. The average molecular weight is 334 g/mol. The molecule has 0 aliphatic carbocycles. The van der Waals surface area contributed by atoms with Crippen molar-refractivity contribution in [2.24, 2.45) is 0 Å². The molecule has 1 rings (SSSR count). The van der Waals surface area contributed by atoms with E-state index in [4.69, 9.17) is 0 Å². The fraction of sp³-hybridized carbons (Fsp3) is 0.571. The molecule has 0 unspecified atom stereocenters. The summed E-state index contributed by atoms with van der Waals surface area (Å²) in [5.41, 5.74) is 0.773. The predicted octanol–water partition coefficient (Wildman–Crippen LogP) is 2.28. The molecule has 0 bridgehead atoms. The first-order chi connectivity index (χ1) is 9.92. The van der Waals surface area contributed by atoms with Crippen LogP contribution >= 0.6 is 11.8 Å². The third kappa shape index (κ3) is 5.58. The van der Waals surface area contributed by atoms with Crippen molar-refractivity contribution in [3.63, 3.8) is 0 Å². The summed E-state index contributed by atoms with van der Waals surface area (Å²) < 4.78 is 41.0. The molecule has 0 aliphatic heterocycles. The van der Waals surface area contributed by atoms with E-state index in [-0.39, 0.29) is 10.5 Å². The lowest BCUT2D eigenvalue weighted by atomic mass is 10.1. The van der Waals surface area contributed by atoms with E-state index in [1.165, 1.54) is 19.1 Å². The number of benzene rings is 1. The maximum Gasteiger partial charge on any atom is 0.240 e. The highest BCUT2D eigenvalue weighted by Crippen LogP contribution is 2.20. The molecule has 0 radical (unpaired) electrons. The molecule has 0 fully saturated rings. The third-order valence-corrected chi connectivity index (χ3v) is 5.38. The molecule has 0 heterocycles. The maximum atomic E-state index is 13.9. The van der Waals surface area contributed by atoms with Crippen molar-refractivity contribution in [1.29, 1.82) is 0 Å². The SMILES string of the molecule is CNCc1cc(F)c(C)c(S(=O)(=O)NCCCCSC)c1. The number of sulfonamides is 1. The summed E-state index contributed by atoms with van der Waals surface area (Å²) in [5, 5.41) is 2.89. The smallest absolute Gasteiger partial charge is 0.240 e. The van der Waals surface area contributed by atoms with Crippen LogP contribution < -0.4 is 10.0 Å². The number of hydrogen-bond acceptors (Lipinski definition) is 4. The largest absolute Gasteiger partial charge is 0.316 e. The minimum atomic E-state index is -3.67. The van der Waals surface area contributed by atoms with Gasteiger partial charge in [-0.25, -0.2) is 17.5 Å². The van der Waals surface area contributed by atoms with Crippen LogP contribution in [0.1, 0.15) is 24.0 Å². The molecule has 0 amide bonds. The van der Waals surface area contributed by atoms with E-state index < -0.39 is 15.8 Å². The second-order valence-corrected chi connectivity index (χ2v) is 7.55. The van der Waals surface area contributed by atoms with Gasteiger partial charge in [-0.05, 0) is 56.5 Å². The Balaban J connectivity index is 2.86. The molecule has 0 aromatic heterocycles. The number of unbranched alkanes of at least 4 members (excludes halogenated alkanes) is 1. The Morgan fingerprint density at radius 1 is 1.29 bits per heavy atom. The van der Waals surface area contributed by atoms with Crippen molar-refractivity contribution in [2.45, 2.75) is 31.2 Å². The van der Waals surface area contributed by atoms with E-state index in [0.717, 1.165) is 18.6 Å². The number of thioether (sulfide) groups is 1. The second kappa shape index (κ2) is 8.73. The molecule has 0 atom stereocenters. The van der Waals surface area contributed by atoms with Gasteiger partial charge in [0.05, 0.1) is 4.90 Å². The third-order valence-electron chi connectivity index (χ3n) is 3.09. The summed E-state index contributed by atoms with van der Waals surface area (Å²) in [6, 6.07) is 2.89. The van der Waals surface area contributed by atoms with Crippen LogP contribution in [0, 0.1) is 12.7 Å². The summed E-state index contributed by atoms with van der Waals surface area (Å²) in [6.07, 6.45) is 3.75. The number of rotatable bonds is 9. The molecule has 1 aromatic carbocycles. The first-order valence-corrected chi connectivity index (χ1v) is 9.72. The lowest BCUT2D eigenvalue weighted by Gasteiger charge is -2.12. The lowest BCUT2D eigenvalue weighted by molar-refractivity contribution is 0.571. The van der Waals surface area contributed by atoms with Gasteiger partial charge in [-0.15, -0.1) is 0 Å². The Hall–Kier alpha value is -0.630. The van der Waals surface area contributed by atoms with Crippen molar-refractivity contribution in [2.75, 3.05) is 25.6 Å². The molecular weight excluding hydrogens is 311 g/mol. The molecule has 0 aliphatic rings. The maximum absolute atomic E-state index is 13.9. The van der Waals surface area contributed by atoms with Crippen molar-refractivity contribution in [3.05, 3.63) is 29.1 Å². The summed E-state index contributed by atoms with van der Waals surface area (Å²) in [4.78, 5) is 0.0256. The molecule has 1 aromatic rings. The fourth-order valence-electron chi connectivity index (χ4n) is 1.95. The van der Waals surface area contributed by atoms with Crippen molar-refractivity contribution >= 4 is 21.8 Å². The molecular formula is C14H23FN2O2S2. The van der Waals surface area contributed by atoms with Gasteiger partial charge >= 0.3 is 0 Å². The topological polar surface area (TPSA) is 58.2 Å². The highest BCUT2D eigenvalue weighted by Gasteiger charge is 2.19. The Bertz CT molecular complexity index is 562. The van der Waals surface area contributed by atoms with Crippen molar-refractivity contribution < 1.29 is 12.8 Å². The van der Waals surface area contributed by atoms with Crippen molar-refractivity contribution in [1.82, 2.24) is 10.0 Å². The van der Waals surface area contributed by atoms with Crippen LogP contribution in [-0.2, 0) is 16.6 Å². The van der Waals surface area contributed by atoms with Crippen LogP contribution in [0.15, 0.2) is 17.0 Å². The Kier molecular flexibility index (Phi) is 7.65. The first-order valence-electron chi connectivity index (χ1n) is 6.84. The average Bonchev–Trinajstić information content (AvgIpc) is 2.42. The summed E-state index contributed by atoms with van der Waals surface area (Å²) >= 11 is 1.73. The van der Waals surface area contributed by atoms with E-state index in [2.05, 4.69) is 10.0 Å². The zero-order valence-electron chi connectivity index (χ0n) is 12.7. The Labute approximate surface area is 131 Å². The van der Waals surface area contributed by atoms with E-state index in [0.29, 0.717) is 18.7 Å². The van der Waals surface area contributed by atoms with E-state index in [1.54, 1.807) is 18.8 Å². The van der Waals surface area contributed by atoms with Crippen LogP contribution in [-0.4, -0.2) is 34.0 Å². The summed E-state index contributed by atoms with van der Waals surface area (Å²) in [5.74, 6) is 0.512. The van der Waals surface area contributed by atoms with Gasteiger partial charge < -0.3 is 5.32 Å². The van der Waals surface area contributed by atoms with Crippen LogP contribution in [0.4, 0.5) is 4.39 Å². The van der Waals surface area contributed by atoms with E-state index in [1.807, 2.05) is 6.26 Å². The van der Waals surface area contributed by atoms with Gasteiger partial charge in [0.25, 0.3) is 0 Å². The lowest BCUT2D eigenvalue weighted by Crippen LogP contribution is -2.26. The highest BCUT2D eigenvalue weighted by atomic mass is 32.2. The van der Waals surface area contributed by atoms with Gasteiger partial charge in [0.2, 0.25) is 10.0 Å². The normalized spacial score (nSPS) is 11.8. The minimum Gasteiger partial charge on any atom is -0.316 e. The van der Waals surface area contributed by atoms with Crippen LogP contribution in [0.3, 0.4) is 0 Å². The molecule has 0 spiro atoms. The second-order valence-electron chi connectivity index (χ2n) is 4.83. The summed E-state index contributed by atoms with van der Waals surface area (Å²) in [6.45, 7) is 2.29. The molecule has 0 saturated heterocycles. The van der Waals surface area contributed by atoms with E-state index in [9.17, 15) is 12.8 Å². The molecule has 4 nitrogen and oxygen atoms in total. The molecule has 0 saturated carbocycles. The van der Waals surface area contributed by atoms with Gasteiger partial charge in [0, 0.05) is 18.7 Å².